The zero-order valence-corrected chi connectivity index (χ0v) is 17.3. The smallest absolute Gasteiger partial charge is 0.255 e. The maximum Gasteiger partial charge on any atom is 0.255 e. The number of hydrogen-bond acceptors (Lipinski definition) is 4. The van der Waals surface area contributed by atoms with Gasteiger partial charge in [0.25, 0.3) is 5.91 Å². The van der Waals surface area contributed by atoms with Gasteiger partial charge in [-0.15, -0.1) is 11.3 Å². The van der Waals surface area contributed by atoms with Gasteiger partial charge in [-0.2, -0.15) is 0 Å². The van der Waals surface area contributed by atoms with Crippen LogP contribution in [-0.2, 0) is 6.42 Å². The van der Waals surface area contributed by atoms with Gasteiger partial charge in [-0.3, -0.25) is 10.2 Å². The molecule has 0 unspecified atom stereocenters. The minimum Gasteiger partial charge on any atom is -0.507 e. The lowest BCUT2D eigenvalue weighted by Gasteiger charge is -2.12. The van der Waals surface area contributed by atoms with Crippen molar-refractivity contribution in [2.75, 3.05) is 11.9 Å². The molecule has 0 saturated carbocycles. The Balaban J connectivity index is 1.52. The van der Waals surface area contributed by atoms with Gasteiger partial charge in [0, 0.05) is 12.2 Å². The Labute approximate surface area is 174 Å². The van der Waals surface area contributed by atoms with Crippen LogP contribution in [-0.4, -0.2) is 23.4 Å². The molecule has 0 aliphatic heterocycles. The molecular formula is C23H25N3O2S. The molecule has 2 aromatic carbocycles. The van der Waals surface area contributed by atoms with Crippen LogP contribution in [0.3, 0.4) is 0 Å². The fraction of sp³-hybridized carbons (Fsp3) is 0.217. The van der Waals surface area contributed by atoms with Gasteiger partial charge >= 0.3 is 0 Å². The van der Waals surface area contributed by atoms with E-state index in [4.69, 9.17) is 5.41 Å². The second-order valence-corrected chi connectivity index (χ2v) is 8.03. The Morgan fingerprint density at radius 3 is 2.52 bits per heavy atom. The highest BCUT2D eigenvalue weighted by molar-refractivity contribution is 7.12. The number of nitrogens with one attached hydrogen (secondary N) is 3. The first kappa shape index (κ1) is 20.6. The third-order valence-electron chi connectivity index (χ3n) is 4.62. The fourth-order valence-electron chi connectivity index (χ4n) is 3.01. The van der Waals surface area contributed by atoms with Crippen molar-refractivity contribution in [1.29, 1.82) is 5.41 Å². The van der Waals surface area contributed by atoms with Crippen molar-refractivity contribution < 1.29 is 9.90 Å². The molecule has 0 bridgehead atoms. The summed E-state index contributed by atoms with van der Waals surface area (Å²) in [6, 6.07) is 16.9. The third-order valence-corrected chi connectivity index (χ3v) is 5.51. The number of thiophene rings is 1. The number of carbonyl (C=O) groups is 1. The number of anilines is 1. The summed E-state index contributed by atoms with van der Waals surface area (Å²) >= 11 is 1.52. The average molecular weight is 408 g/mol. The van der Waals surface area contributed by atoms with E-state index >= 15 is 0 Å². The van der Waals surface area contributed by atoms with Crippen molar-refractivity contribution >= 4 is 28.8 Å². The number of amides is 1. The van der Waals surface area contributed by atoms with Crippen molar-refractivity contribution in [1.82, 2.24) is 5.32 Å². The van der Waals surface area contributed by atoms with Crippen molar-refractivity contribution in [3.05, 3.63) is 81.5 Å². The summed E-state index contributed by atoms with van der Waals surface area (Å²) < 4.78 is 0. The maximum absolute atomic E-state index is 12.4. The lowest BCUT2D eigenvalue weighted by Crippen LogP contribution is -2.26. The van der Waals surface area contributed by atoms with Gasteiger partial charge in [-0.1, -0.05) is 44.2 Å². The standard InChI is InChI=1S/C23H25N3O2S/c1-15(2)18-5-3-6-19(21(18)27)23(28)25-13-12-16-8-10-17(11-9-16)26-22(24)20-7-4-14-29-20/h3-11,14-15,27H,12-13H2,1-2H3,(H2,24,26)(H,25,28). The molecule has 1 heterocycles. The van der Waals surface area contributed by atoms with Crippen LogP contribution in [0.5, 0.6) is 5.75 Å². The number of rotatable bonds is 7. The van der Waals surface area contributed by atoms with Crippen molar-refractivity contribution in [2.24, 2.45) is 0 Å². The molecule has 0 radical (unpaired) electrons. The maximum atomic E-state index is 12.4. The Bertz CT molecular complexity index is 980. The minimum atomic E-state index is -0.271. The van der Waals surface area contributed by atoms with Crippen LogP contribution in [0.15, 0.2) is 60.0 Å². The number of amidine groups is 1. The van der Waals surface area contributed by atoms with Gasteiger partial charge in [0.2, 0.25) is 0 Å². The topological polar surface area (TPSA) is 85.2 Å². The van der Waals surface area contributed by atoms with E-state index in [-0.39, 0.29) is 17.6 Å². The van der Waals surface area contributed by atoms with Crippen LogP contribution < -0.4 is 10.6 Å². The van der Waals surface area contributed by atoms with E-state index in [2.05, 4.69) is 10.6 Å². The van der Waals surface area contributed by atoms with Crippen LogP contribution >= 0.6 is 11.3 Å². The molecule has 0 fully saturated rings. The number of hydrogen-bond donors (Lipinski definition) is 4. The number of aromatic hydroxyl groups is 1. The molecule has 3 aromatic rings. The Morgan fingerprint density at radius 1 is 1.10 bits per heavy atom. The number of para-hydroxylation sites is 1. The van der Waals surface area contributed by atoms with E-state index in [1.807, 2.05) is 61.7 Å². The lowest BCUT2D eigenvalue weighted by molar-refractivity contribution is 0.0951. The quantitative estimate of drug-likeness (QED) is 0.329. The number of phenolic OH excluding ortho intramolecular Hbond substituents is 1. The molecule has 6 heteroatoms. The highest BCUT2D eigenvalue weighted by atomic mass is 32.1. The zero-order valence-electron chi connectivity index (χ0n) is 16.5. The van der Waals surface area contributed by atoms with Gasteiger partial charge in [-0.05, 0) is 53.1 Å². The highest BCUT2D eigenvalue weighted by Gasteiger charge is 2.15. The first-order valence-electron chi connectivity index (χ1n) is 9.54. The molecule has 0 atom stereocenters. The Kier molecular flexibility index (Phi) is 6.67. The Hall–Kier alpha value is -3.12. The summed E-state index contributed by atoms with van der Waals surface area (Å²) in [4.78, 5) is 13.3. The van der Waals surface area contributed by atoms with E-state index in [0.717, 1.165) is 21.7 Å². The molecule has 0 aliphatic carbocycles. The van der Waals surface area contributed by atoms with Crippen molar-refractivity contribution in [3.8, 4) is 5.75 Å². The van der Waals surface area contributed by atoms with E-state index in [9.17, 15) is 9.90 Å². The monoisotopic (exact) mass is 407 g/mol. The van der Waals surface area contributed by atoms with Crippen LogP contribution in [0, 0.1) is 5.41 Å². The SMILES string of the molecule is CC(C)c1cccc(C(=O)NCCc2ccc(NC(=N)c3cccs3)cc2)c1O. The molecule has 1 aromatic heterocycles. The van der Waals surface area contributed by atoms with E-state index in [1.165, 1.54) is 11.3 Å². The van der Waals surface area contributed by atoms with Gasteiger partial charge < -0.3 is 15.7 Å². The Morgan fingerprint density at radius 2 is 1.86 bits per heavy atom. The predicted octanol–water partition coefficient (Wildman–Crippen LogP) is 4.99. The molecular weight excluding hydrogens is 382 g/mol. The molecule has 5 nitrogen and oxygen atoms in total. The van der Waals surface area contributed by atoms with Gasteiger partial charge in [-0.25, -0.2) is 0 Å². The van der Waals surface area contributed by atoms with Crippen LogP contribution in [0.2, 0.25) is 0 Å². The molecule has 150 valence electrons. The van der Waals surface area contributed by atoms with Gasteiger partial charge in [0.15, 0.2) is 0 Å². The summed E-state index contributed by atoms with van der Waals surface area (Å²) in [6.07, 6.45) is 0.680. The summed E-state index contributed by atoms with van der Waals surface area (Å²) in [5, 5.41) is 26.3. The molecule has 1 amide bonds. The highest BCUT2D eigenvalue weighted by Crippen LogP contribution is 2.28. The van der Waals surface area contributed by atoms with Crippen LogP contribution in [0.4, 0.5) is 5.69 Å². The zero-order chi connectivity index (χ0) is 20.8. The summed E-state index contributed by atoms with van der Waals surface area (Å²) in [7, 11) is 0. The molecule has 0 saturated heterocycles. The average Bonchev–Trinajstić information content (AvgIpc) is 3.24. The number of carbonyl (C=O) groups excluding carboxylic acids is 1. The van der Waals surface area contributed by atoms with Crippen molar-refractivity contribution in [2.45, 2.75) is 26.2 Å². The summed E-state index contributed by atoms with van der Waals surface area (Å²) in [6.45, 7) is 4.44. The van der Waals surface area contributed by atoms with Gasteiger partial charge in [0.1, 0.15) is 11.6 Å². The number of benzene rings is 2. The minimum absolute atomic E-state index is 0.0589. The number of phenols is 1. The van der Waals surface area contributed by atoms with Crippen molar-refractivity contribution in [3.63, 3.8) is 0 Å². The third kappa shape index (κ3) is 5.23. The largest absolute Gasteiger partial charge is 0.507 e. The van der Waals surface area contributed by atoms with E-state index in [1.54, 1.807) is 12.1 Å². The second-order valence-electron chi connectivity index (χ2n) is 7.08. The fourth-order valence-corrected chi connectivity index (χ4v) is 3.64. The van der Waals surface area contributed by atoms with Crippen LogP contribution in [0.1, 0.15) is 46.1 Å². The molecule has 0 spiro atoms. The van der Waals surface area contributed by atoms with Crippen LogP contribution in [0.25, 0.3) is 0 Å². The summed E-state index contributed by atoms with van der Waals surface area (Å²) in [5.74, 6) is 0.316. The summed E-state index contributed by atoms with van der Waals surface area (Å²) in [5.41, 5.74) is 3.02. The molecule has 4 N–H and O–H groups in total. The predicted molar refractivity (Wildman–Crippen MR) is 119 cm³/mol. The molecule has 29 heavy (non-hydrogen) atoms. The second kappa shape index (κ2) is 9.39. The first-order valence-corrected chi connectivity index (χ1v) is 10.4. The first-order chi connectivity index (χ1) is 14.0. The van der Waals surface area contributed by atoms with E-state index < -0.39 is 0 Å². The van der Waals surface area contributed by atoms with E-state index in [0.29, 0.717) is 24.4 Å². The molecule has 0 aliphatic rings. The lowest BCUT2D eigenvalue weighted by atomic mass is 9.99. The normalized spacial score (nSPS) is 10.7. The molecule has 3 rings (SSSR count). The van der Waals surface area contributed by atoms with Gasteiger partial charge in [0.05, 0.1) is 10.4 Å².